The molecule has 1 aliphatic heterocycles. The Hall–Kier alpha value is -0.910. The van der Waals surface area contributed by atoms with Gasteiger partial charge < -0.3 is 5.43 Å². The summed E-state index contributed by atoms with van der Waals surface area (Å²) >= 11 is 2.28. The third-order valence-electron chi connectivity index (χ3n) is 3.96. The standard InChI is InChI=1S/C15H17IN2O/c1-15(2)7-11-13(12(19)8-15)14(18-17-11)9-3-5-10(16)6-4-9/h3-6,11,13,17H,7-8H2,1-2H3/t11-,13-/m0/s1. The van der Waals surface area contributed by atoms with Crippen molar-refractivity contribution in [1.29, 1.82) is 0 Å². The Labute approximate surface area is 127 Å². The van der Waals surface area contributed by atoms with Gasteiger partial charge in [0, 0.05) is 9.99 Å². The van der Waals surface area contributed by atoms with Crippen LogP contribution in [0.5, 0.6) is 0 Å². The molecule has 0 radical (unpaired) electrons. The Bertz CT molecular complexity index is 548. The average molecular weight is 368 g/mol. The summed E-state index contributed by atoms with van der Waals surface area (Å²) in [4.78, 5) is 12.4. The Kier molecular flexibility index (Phi) is 3.15. The summed E-state index contributed by atoms with van der Waals surface area (Å²) in [6.07, 6.45) is 1.65. The van der Waals surface area contributed by atoms with Gasteiger partial charge in [0.2, 0.25) is 0 Å². The molecule has 0 amide bonds. The van der Waals surface area contributed by atoms with E-state index in [-0.39, 0.29) is 17.4 Å². The van der Waals surface area contributed by atoms with Crippen LogP contribution in [0.25, 0.3) is 0 Å². The molecule has 0 unspecified atom stereocenters. The fourth-order valence-corrected chi connectivity index (χ4v) is 3.50. The number of benzene rings is 1. The van der Waals surface area contributed by atoms with Crippen molar-refractivity contribution in [3.8, 4) is 0 Å². The normalized spacial score (nSPS) is 28.6. The summed E-state index contributed by atoms with van der Waals surface area (Å²) in [6, 6.07) is 8.40. The lowest BCUT2D eigenvalue weighted by molar-refractivity contribution is -0.126. The molecule has 1 saturated carbocycles. The number of fused-ring (bicyclic) bond motifs is 1. The number of hydrogen-bond donors (Lipinski definition) is 1. The van der Waals surface area contributed by atoms with E-state index in [1.54, 1.807) is 0 Å². The quantitative estimate of drug-likeness (QED) is 0.775. The Morgan fingerprint density at radius 1 is 1.32 bits per heavy atom. The molecule has 19 heavy (non-hydrogen) atoms. The fourth-order valence-electron chi connectivity index (χ4n) is 3.14. The topological polar surface area (TPSA) is 41.5 Å². The number of hydrazone groups is 1. The van der Waals surface area contributed by atoms with Crippen LogP contribution in [0.2, 0.25) is 0 Å². The highest BCUT2D eigenvalue weighted by molar-refractivity contribution is 14.1. The summed E-state index contributed by atoms with van der Waals surface area (Å²) < 4.78 is 1.19. The van der Waals surface area contributed by atoms with Crippen molar-refractivity contribution in [3.05, 3.63) is 33.4 Å². The van der Waals surface area contributed by atoms with Crippen LogP contribution in [0.4, 0.5) is 0 Å². The van der Waals surface area contributed by atoms with Gasteiger partial charge in [-0.05, 0) is 52.1 Å². The number of carbonyl (C=O) groups excluding carboxylic acids is 1. The molecule has 1 N–H and O–H groups in total. The van der Waals surface area contributed by atoms with E-state index in [9.17, 15) is 4.79 Å². The number of ketones is 1. The summed E-state index contributed by atoms with van der Waals surface area (Å²) in [5, 5.41) is 4.44. The van der Waals surface area contributed by atoms with Crippen molar-refractivity contribution in [2.24, 2.45) is 16.4 Å². The molecule has 3 rings (SSSR count). The molecule has 1 aromatic rings. The first-order valence-electron chi connectivity index (χ1n) is 6.58. The zero-order valence-corrected chi connectivity index (χ0v) is 13.3. The summed E-state index contributed by atoms with van der Waals surface area (Å²) in [5.41, 5.74) is 5.24. The van der Waals surface area contributed by atoms with Crippen LogP contribution in [0.3, 0.4) is 0 Å². The van der Waals surface area contributed by atoms with E-state index in [1.807, 2.05) is 0 Å². The molecule has 3 nitrogen and oxygen atoms in total. The van der Waals surface area contributed by atoms with Crippen molar-refractivity contribution in [2.45, 2.75) is 32.7 Å². The van der Waals surface area contributed by atoms with E-state index in [1.165, 1.54) is 3.57 Å². The second-order valence-electron chi connectivity index (χ2n) is 6.23. The first-order valence-corrected chi connectivity index (χ1v) is 7.66. The lowest BCUT2D eigenvalue weighted by atomic mass is 9.68. The number of halogens is 1. The van der Waals surface area contributed by atoms with Crippen molar-refractivity contribution < 1.29 is 4.79 Å². The maximum absolute atomic E-state index is 12.4. The minimum atomic E-state index is -0.0620. The van der Waals surface area contributed by atoms with Gasteiger partial charge >= 0.3 is 0 Å². The molecule has 2 aliphatic rings. The Morgan fingerprint density at radius 2 is 2.00 bits per heavy atom. The first kappa shape index (κ1) is 13.1. The molecular weight excluding hydrogens is 351 g/mol. The molecule has 4 heteroatoms. The summed E-state index contributed by atoms with van der Waals surface area (Å²) in [6.45, 7) is 4.32. The molecule has 0 aromatic heterocycles. The molecule has 0 bridgehead atoms. The molecule has 2 atom stereocenters. The smallest absolute Gasteiger partial charge is 0.144 e. The van der Waals surface area contributed by atoms with Gasteiger partial charge in [0.05, 0.1) is 17.7 Å². The van der Waals surface area contributed by atoms with Gasteiger partial charge in [0.1, 0.15) is 5.78 Å². The largest absolute Gasteiger partial charge is 0.306 e. The predicted molar refractivity (Wildman–Crippen MR) is 84.1 cm³/mol. The molecule has 0 saturated heterocycles. The minimum Gasteiger partial charge on any atom is -0.306 e. The second-order valence-corrected chi connectivity index (χ2v) is 7.47. The zero-order valence-electron chi connectivity index (χ0n) is 11.1. The van der Waals surface area contributed by atoms with Gasteiger partial charge in [-0.2, -0.15) is 5.10 Å². The van der Waals surface area contributed by atoms with E-state index < -0.39 is 0 Å². The summed E-state index contributed by atoms with van der Waals surface area (Å²) in [7, 11) is 0. The molecule has 1 heterocycles. The van der Waals surface area contributed by atoms with Gasteiger partial charge in [-0.25, -0.2) is 0 Å². The molecule has 0 spiro atoms. The maximum Gasteiger partial charge on any atom is 0.144 e. The highest BCUT2D eigenvalue weighted by Gasteiger charge is 2.46. The third kappa shape index (κ3) is 2.42. The molecule has 1 aromatic carbocycles. The lowest BCUT2D eigenvalue weighted by Crippen LogP contribution is -2.45. The third-order valence-corrected chi connectivity index (χ3v) is 4.68. The number of rotatable bonds is 1. The summed E-state index contributed by atoms with van der Waals surface area (Å²) in [5.74, 6) is 0.261. The SMILES string of the molecule is CC1(C)CC(=O)[C@H]2C(c3ccc(I)cc3)=NN[C@H]2C1. The van der Waals surface area contributed by atoms with Crippen LogP contribution in [0, 0.1) is 14.9 Å². The van der Waals surface area contributed by atoms with Gasteiger partial charge in [-0.3, -0.25) is 4.79 Å². The van der Waals surface area contributed by atoms with E-state index in [0.717, 1.165) is 17.7 Å². The second kappa shape index (κ2) is 4.58. The molecule has 1 fully saturated rings. The van der Waals surface area contributed by atoms with Crippen LogP contribution in [0.15, 0.2) is 29.4 Å². The van der Waals surface area contributed by atoms with E-state index in [4.69, 9.17) is 0 Å². The maximum atomic E-state index is 12.4. The van der Waals surface area contributed by atoms with E-state index >= 15 is 0 Å². The zero-order chi connectivity index (χ0) is 13.6. The number of carbonyl (C=O) groups is 1. The molecular formula is C15H17IN2O. The lowest BCUT2D eigenvalue weighted by Gasteiger charge is -2.36. The highest BCUT2D eigenvalue weighted by Crippen LogP contribution is 2.39. The monoisotopic (exact) mass is 368 g/mol. The van der Waals surface area contributed by atoms with Crippen LogP contribution < -0.4 is 5.43 Å². The predicted octanol–water partition coefficient (Wildman–Crippen LogP) is 2.97. The van der Waals surface area contributed by atoms with Crippen molar-refractivity contribution >= 4 is 34.1 Å². The Balaban J connectivity index is 1.90. The number of hydrogen-bond acceptors (Lipinski definition) is 3. The van der Waals surface area contributed by atoms with Gasteiger partial charge in [-0.15, -0.1) is 0 Å². The highest BCUT2D eigenvalue weighted by atomic mass is 127. The van der Waals surface area contributed by atoms with Gasteiger partial charge in [-0.1, -0.05) is 26.0 Å². The van der Waals surface area contributed by atoms with Crippen molar-refractivity contribution in [3.63, 3.8) is 0 Å². The van der Waals surface area contributed by atoms with Crippen LogP contribution in [-0.2, 0) is 4.79 Å². The van der Waals surface area contributed by atoms with Gasteiger partial charge in [0.15, 0.2) is 0 Å². The van der Waals surface area contributed by atoms with E-state index in [0.29, 0.717) is 12.2 Å². The van der Waals surface area contributed by atoms with Gasteiger partial charge in [0.25, 0.3) is 0 Å². The average Bonchev–Trinajstić information content (AvgIpc) is 2.72. The van der Waals surface area contributed by atoms with E-state index in [2.05, 4.69) is 71.2 Å². The minimum absolute atomic E-state index is 0.0620. The molecule has 100 valence electrons. The molecule has 1 aliphatic carbocycles. The number of nitrogens with one attached hydrogen (secondary N) is 1. The van der Waals surface area contributed by atoms with Crippen molar-refractivity contribution in [1.82, 2.24) is 5.43 Å². The Morgan fingerprint density at radius 3 is 2.68 bits per heavy atom. The number of nitrogens with zero attached hydrogens (tertiary/aromatic N) is 1. The van der Waals surface area contributed by atoms with Crippen LogP contribution in [0.1, 0.15) is 32.3 Å². The van der Waals surface area contributed by atoms with Crippen LogP contribution >= 0.6 is 22.6 Å². The van der Waals surface area contributed by atoms with Crippen molar-refractivity contribution in [2.75, 3.05) is 0 Å². The fraction of sp³-hybridized carbons (Fsp3) is 0.467. The number of Topliss-reactive ketones (excluding diaryl/α,β-unsaturated/α-hetero) is 1. The van der Waals surface area contributed by atoms with Crippen LogP contribution in [-0.4, -0.2) is 17.5 Å². The first-order chi connectivity index (χ1) is 8.96.